The Balaban J connectivity index is 2.24. The summed E-state index contributed by atoms with van der Waals surface area (Å²) in [4.78, 5) is 26.0. The summed E-state index contributed by atoms with van der Waals surface area (Å²) in [7, 11) is 3.18. The molecule has 0 unspecified atom stereocenters. The standard InChI is InChI=1S/C13H20N4O3/c1-14-11(18)8-13(9-20-2)5-3-7-17(13)12(19)10-4-6-15-16-10/h4,6H,3,5,7-9H2,1-2H3,(H,14,18)(H,15,16)/t13-/m1/s1. The molecular weight excluding hydrogens is 260 g/mol. The van der Waals surface area contributed by atoms with E-state index in [2.05, 4.69) is 15.5 Å². The van der Waals surface area contributed by atoms with Gasteiger partial charge in [0.1, 0.15) is 5.69 Å². The quantitative estimate of drug-likeness (QED) is 0.804. The summed E-state index contributed by atoms with van der Waals surface area (Å²) in [5.41, 5.74) is -0.138. The molecule has 1 atom stereocenters. The van der Waals surface area contributed by atoms with E-state index in [-0.39, 0.29) is 18.2 Å². The van der Waals surface area contributed by atoms with Crippen LogP contribution in [0, 0.1) is 0 Å². The molecule has 2 N–H and O–H groups in total. The molecule has 0 saturated carbocycles. The number of nitrogens with one attached hydrogen (secondary N) is 2. The van der Waals surface area contributed by atoms with Gasteiger partial charge >= 0.3 is 0 Å². The van der Waals surface area contributed by atoms with E-state index in [9.17, 15) is 9.59 Å². The number of carbonyl (C=O) groups is 2. The third-order valence-electron chi connectivity index (χ3n) is 3.75. The van der Waals surface area contributed by atoms with Crippen LogP contribution < -0.4 is 5.32 Å². The topological polar surface area (TPSA) is 87.3 Å². The number of aromatic amines is 1. The first-order valence-electron chi connectivity index (χ1n) is 6.64. The fourth-order valence-electron chi connectivity index (χ4n) is 2.82. The molecule has 1 aliphatic rings. The Bertz CT molecular complexity index is 474. The third-order valence-corrected chi connectivity index (χ3v) is 3.75. The van der Waals surface area contributed by atoms with Crippen LogP contribution >= 0.6 is 0 Å². The van der Waals surface area contributed by atoms with Crippen molar-refractivity contribution in [3.63, 3.8) is 0 Å². The maximum Gasteiger partial charge on any atom is 0.272 e. The Morgan fingerprint density at radius 1 is 1.60 bits per heavy atom. The Labute approximate surface area is 117 Å². The minimum atomic E-state index is -0.572. The summed E-state index contributed by atoms with van der Waals surface area (Å²) >= 11 is 0. The number of rotatable bonds is 5. The second-order valence-electron chi connectivity index (χ2n) is 5.04. The molecule has 2 heterocycles. The molecule has 1 aromatic rings. The van der Waals surface area contributed by atoms with Gasteiger partial charge in [0.2, 0.25) is 5.91 Å². The number of aromatic nitrogens is 2. The molecule has 0 radical (unpaired) electrons. The number of amides is 2. The Morgan fingerprint density at radius 2 is 2.40 bits per heavy atom. The highest BCUT2D eigenvalue weighted by Crippen LogP contribution is 2.34. The van der Waals surface area contributed by atoms with Gasteiger partial charge in [-0.1, -0.05) is 0 Å². The number of hydrogen-bond donors (Lipinski definition) is 2. The number of carbonyl (C=O) groups excluding carboxylic acids is 2. The smallest absolute Gasteiger partial charge is 0.272 e. The minimum Gasteiger partial charge on any atom is -0.382 e. The second-order valence-corrected chi connectivity index (χ2v) is 5.04. The van der Waals surface area contributed by atoms with Crippen LogP contribution in [0.15, 0.2) is 12.3 Å². The highest BCUT2D eigenvalue weighted by Gasteiger charge is 2.45. The molecule has 110 valence electrons. The van der Waals surface area contributed by atoms with E-state index in [0.717, 1.165) is 12.8 Å². The van der Waals surface area contributed by atoms with E-state index in [1.807, 2.05) is 0 Å². The molecule has 1 saturated heterocycles. The zero-order valence-corrected chi connectivity index (χ0v) is 11.8. The largest absolute Gasteiger partial charge is 0.382 e. The van der Waals surface area contributed by atoms with E-state index in [4.69, 9.17) is 4.74 Å². The molecule has 2 rings (SSSR count). The summed E-state index contributed by atoms with van der Waals surface area (Å²) in [6.45, 7) is 0.971. The lowest BCUT2D eigenvalue weighted by Gasteiger charge is -2.37. The van der Waals surface area contributed by atoms with Crippen LogP contribution in [0.1, 0.15) is 29.8 Å². The van der Waals surface area contributed by atoms with Gasteiger partial charge in [-0.25, -0.2) is 0 Å². The summed E-state index contributed by atoms with van der Waals surface area (Å²) in [6.07, 6.45) is 3.41. The molecule has 1 aromatic heterocycles. The van der Waals surface area contributed by atoms with Crippen LogP contribution in [0.3, 0.4) is 0 Å². The number of nitrogens with zero attached hydrogens (tertiary/aromatic N) is 2. The average Bonchev–Trinajstić information content (AvgIpc) is 3.08. The lowest BCUT2D eigenvalue weighted by molar-refractivity contribution is -0.123. The first-order valence-corrected chi connectivity index (χ1v) is 6.64. The van der Waals surface area contributed by atoms with Crippen molar-refractivity contribution < 1.29 is 14.3 Å². The Kier molecular flexibility index (Phi) is 4.39. The van der Waals surface area contributed by atoms with Gasteiger partial charge in [-0.2, -0.15) is 5.10 Å². The molecule has 7 nitrogen and oxygen atoms in total. The van der Waals surface area contributed by atoms with Crippen LogP contribution in [-0.2, 0) is 9.53 Å². The molecule has 2 amide bonds. The maximum absolute atomic E-state index is 12.5. The lowest BCUT2D eigenvalue weighted by Crippen LogP contribution is -2.52. The van der Waals surface area contributed by atoms with Crippen molar-refractivity contribution in [1.82, 2.24) is 20.4 Å². The first-order chi connectivity index (χ1) is 9.63. The second kappa shape index (κ2) is 6.04. The summed E-state index contributed by atoms with van der Waals surface area (Å²) < 4.78 is 5.27. The molecule has 0 spiro atoms. The van der Waals surface area contributed by atoms with Crippen molar-refractivity contribution in [1.29, 1.82) is 0 Å². The molecule has 0 aromatic carbocycles. The molecular formula is C13H20N4O3. The van der Waals surface area contributed by atoms with Gasteiger partial charge in [0.05, 0.1) is 18.6 Å². The summed E-state index contributed by atoms with van der Waals surface area (Å²) in [5.74, 6) is -0.229. The molecule has 1 fully saturated rings. The zero-order chi connectivity index (χ0) is 14.6. The van der Waals surface area contributed by atoms with Gasteiger partial charge in [0.25, 0.3) is 5.91 Å². The molecule has 0 aliphatic carbocycles. The van der Waals surface area contributed by atoms with Gasteiger partial charge in [-0.15, -0.1) is 0 Å². The number of hydrogen-bond acceptors (Lipinski definition) is 4. The van der Waals surface area contributed by atoms with E-state index in [1.54, 1.807) is 31.3 Å². The van der Waals surface area contributed by atoms with Crippen molar-refractivity contribution in [3.8, 4) is 0 Å². The number of ether oxygens (including phenoxy) is 1. The van der Waals surface area contributed by atoms with Crippen molar-refractivity contribution in [2.75, 3.05) is 27.3 Å². The van der Waals surface area contributed by atoms with Crippen LogP contribution in [0.2, 0.25) is 0 Å². The third kappa shape index (κ3) is 2.67. The van der Waals surface area contributed by atoms with Gasteiger partial charge < -0.3 is 15.0 Å². The van der Waals surface area contributed by atoms with Gasteiger partial charge in [0, 0.05) is 26.9 Å². The fraction of sp³-hybridized carbons (Fsp3) is 0.615. The van der Waals surface area contributed by atoms with Crippen LogP contribution in [-0.4, -0.2) is 59.8 Å². The number of methoxy groups -OCH3 is 1. The molecule has 0 bridgehead atoms. The van der Waals surface area contributed by atoms with E-state index >= 15 is 0 Å². The fourth-order valence-corrected chi connectivity index (χ4v) is 2.82. The molecule has 1 aliphatic heterocycles. The Morgan fingerprint density at radius 3 is 3.00 bits per heavy atom. The van der Waals surface area contributed by atoms with Gasteiger partial charge in [-0.3, -0.25) is 14.7 Å². The zero-order valence-electron chi connectivity index (χ0n) is 11.8. The number of H-pyrrole nitrogens is 1. The van der Waals surface area contributed by atoms with Crippen LogP contribution in [0.4, 0.5) is 0 Å². The van der Waals surface area contributed by atoms with Crippen molar-refractivity contribution >= 4 is 11.8 Å². The Hall–Kier alpha value is -1.89. The SMILES string of the molecule is CNC(=O)C[C@@]1(COC)CCCN1C(=O)c1ccn[nH]1. The summed E-state index contributed by atoms with van der Waals surface area (Å²) in [5, 5.41) is 9.10. The van der Waals surface area contributed by atoms with Crippen molar-refractivity contribution in [2.45, 2.75) is 24.8 Å². The van der Waals surface area contributed by atoms with Crippen LogP contribution in [0.25, 0.3) is 0 Å². The molecule has 7 heteroatoms. The van der Waals surface area contributed by atoms with Crippen molar-refractivity contribution in [3.05, 3.63) is 18.0 Å². The minimum absolute atomic E-state index is 0.0913. The highest BCUT2D eigenvalue weighted by atomic mass is 16.5. The predicted octanol–water partition coefficient (Wildman–Crippen LogP) is 0.167. The monoisotopic (exact) mass is 280 g/mol. The van der Waals surface area contributed by atoms with E-state index in [0.29, 0.717) is 18.8 Å². The van der Waals surface area contributed by atoms with E-state index < -0.39 is 5.54 Å². The lowest BCUT2D eigenvalue weighted by atomic mass is 9.92. The highest BCUT2D eigenvalue weighted by molar-refractivity contribution is 5.93. The molecule has 20 heavy (non-hydrogen) atoms. The predicted molar refractivity (Wildman–Crippen MR) is 72.1 cm³/mol. The van der Waals surface area contributed by atoms with Crippen LogP contribution in [0.5, 0.6) is 0 Å². The van der Waals surface area contributed by atoms with Crippen molar-refractivity contribution in [2.24, 2.45) is 0 Å². The van der Waals surface area contributed by atoms with Gasteiger partial charge in [0.15, 0.2) is 0 Å². The summed E-state index contributed by atoms with van der Waals surface area (Å²) in [6, 6.07) is 1.64. The average molecular weight is 280 g/mol. The van der Waals surface area contributed by atoms with E-state index in [1.165, 1.54) is 0 Å². The number of likely N-dealkylation sites (tertiary alicyclic amines) is 1. The maximum atomic E-state index is 12.5. The van der Waals surface area contributed by atoms with Gasteiger partial charge in [-0.05, 0) is 18.9 Å². The first kappa shape index (κ1) is 14.5. The normalized spacial score (nSPS) is 22.0.